The molecule has 1 aliphatic carbocycles. The van der Waals surface area contributed by atoms with Gasteiger partial charge in [0.2, 0.25) is 0 Å². The molecule has 1 unspecified atom stereocenters. The molecule has 1 aliphatic rings. The van der Waals surface area contributed by atoms with Crippen LogP contribution in [-0.4, -0.2) is 10.8 Å². The van der Waals surface area contributed by atoms with Crippen LogP contribution in [0, 0.1) is 5.92 Å². The second-order valence-corrected chi connectivity index (χ2v) is 5.41. The highest BCUT2D eigenvalue weighted by molar-refractivity contribution is 6.42. The fraction of sp³-hybridized carbons (Fsp3) is 0.308. The molecule has 1 N–H and O–H groups in total. The average molecular weight is 268 g/mol. The molecule has 0 amide bonds. The van der Waals surface area contributed by atoms with Crippen molar-refractivity contribution in [2.75, 3.05) is 0 Å². The summed E-state index contributed by atoms with van der Waals surface area (Å²) in [5, 5.41) is 2.07. The molecule has 3 rings (SSSR count). The number of aromatic nitrogens is 1. The molecule has 4 heteroatoms. The fourth-order valence-corrected chi connectivity index (χ4v) is 2.78. The Hall–Kier alpha value is -0.990. The van der Waals surface area contributed by atoms with Crippen molar-refractivity contribution < 1.29 is 4.79 Å². The number of halogens is 2. The second-order valence-electron chi connectivity index (χ2n) is 4.59. The van der Waals surface area contributed by atoms with Crippen LogP contribution in [0.4, 0.5) is 0 Å². The predicted molar refractivity (Wildman–Crippen MR) is 70.1 cm³/mol. The summed E-state index contributed by atoms with van der Waals surface area (Å²) in [6.45, 7) is 1.97. The van der Waals surface area contributed by atoms with E-state index < -0.39 is 0 Å². The first-order chi connectivity index (χ1) is 8.08. The number of Topliss-reactive ketones (excluding diaryl/α,β-unsaturated/α-hetero) is 1. The molecule has 0 spiro atoms. The van der Waals surface area contributed by atoms with E-state index in [-0.39, 0.29) is 11.7 Å². The first-order valence-corrected chi connectivity index (χ1v) is 6.37. The van der Waals surface area contributed by atoms with E-state index in [0.717, 1.165) is 35.0 Å². The lowest BCUT2D eigenvalue weighted by molar-refractivity contribution is 0.0909. The third kappa shape index (κ3) is 1.59. The van der Waals surface area contributed by atoms with E-state index in [2.05, 4.69) is 4.98 Å². The largest absolute Gasteiger partial charge is 0.352 e. The highest BCUT2D eigenvalue weighted by Gasteiger charge is 2.27. The molecule has 1 atom stereocenters. The molecule has 0 fully saturated rings. The van der Waals surface area contributed by atoms with Gasteiger partial charge in [-0.25, -0.2) is 0 Å². The number of H-pyrrole nitrogens is 1. The molecule has 0 aliphatic heterocycles. The monoisotopic (exact) mass is 267 g/mol. The number of benzene rings is 1. The molecule has 1 heterocycles. The first-order valence-electron chi connectivity index (χ1n) is 5.61. The normalized spacial score (nSPS) is 19.7. The van der Waals surface area contributed by atoms with Gasteiger partial charge in [0.1, 0.15) is 0 Å². The van der Waals surface area contributed by atoms with Gasteiger partial charge in [0, 0.05) is 16.8 Å². The average Bonchev–Trinajstić information content (AvgIpc) is 2.63. The molecule has 1 aromatic carbocycles. The van der Waals surface area contributed by atoms with Crippen LogP contribution in [-0.2, 0) is 6.42 Å². The summed E-state index contributed by atoms with van der Waals surface area (Å²) in [6, 6.07) is 3.63. The number of nitrogens with one attached hydrogen (secondary N) is 1. The highest BCUT2D eigenvalue weighted by Crippen LogP contribution is 2.35. The number of hydrogen-bond donors (Lipinski definition) is 1. The summed E-state index contributed by atoms with van der Waals surface area (Å²) in [5.41, 5.74) is 2.71. The van der Waals surface area contributed by atoms with Crippen molar-refractivity contribution in [3.8, 4) is 0 Å². The third-order valence-electron chi connectivity index (χ3n) is 3.47. The number of carbonyl (C=O) groups excluding carboxylic acids is 1. The van der Waals surface area contributed by atoms with Crippen molar-refractivity contribution >= 4 is 39.9 Å². The van der Waals surface area contributed by atoms with Gasteiger partial charge in [-0.05, 0) is 30.5 Å². The van der Waals surface area contributed by atoms with E-state index in [4.69, 9.17) is 23.2 Å². The van der Waals surface area contributed by atoms with Gasteiger partial charge < -0.3 is 4.98 Å². The highest BCUT2D eigenvalue weighted by atomic mass is 35.5. The van der Waals surface area contributed by atoms with Crippen LogP contribution in [0.2, 0.25) is 10.0 Å². The molecule has 1 aromatic heterocycles. The Morgan fingerprint density at radius 1 is 1.29 bits per heavy atom. The molecule has 0 bridgehead atoms. The van der Waals surface area contributed by atoms with E-state index >= 15 is 0 Å². The summed E-state index contributed by atoms with van der Waals surface area (Å²) in [6.07, 6.45) is 1.82. The molecular formula is C13H11Cl2NO. The van der Waals surface area contributed by atoms with E-state index in [1.165, 1.54) is 0 Å². The van der Waals surface area contributed by atoms with Crippen molar-refractivity contribution in [1.29, 1.82) is 0 Å². The minimum atomic E-state index is 0.0986. The van der Waals surface area contributed by atoms with E-state index in [0.29, 0.717) is 10.0 Å². The van der Waals surface area contributed by atoms with Crippen LogP contribution in [0.15, 0.2) is 12.1 Å². The maximum Gasteiger partial charge on any atom is 0.182 e. The van der Waals surface area contributed by atoms with Crippen molar-refractivity contribution in [3.05, 3.63) is 33.4 Å². The van der Waals surface area contributed by atoms with Crippen LogP contribution in [0.5, 0.6) is 0 Å². The zero-order valence-corrected chi connectivity index (χ0v) is 10.8. The van der Waals surface area contributed by atoms with Crippen LogP contribution in [0.25, 0.3) is 10.9 Å². The third-order valence-corrected chi connectivity index (χ3v) is 4.19. The smallest absolute Gasteiger partial charge is 0.182 e. The fourth-order valence-electron chi connectivity index (χ4n) is 2.45. The number of aryl methyl sites for hydroxylation is 1. The Bertz CT molecular complexity index is 630. The van der Waals surface area contributed by atoms with Gasteiger partial charge in [0.05, 0.1) is 15.7 Å². The summed E-state index contributed by atoms with van der Waals surface area (Å²) in [7, 11) is 0. The summed E-state index contributed by atoms with van der Waals surface area (Å²) in [4.78, 5) is 15.2. The van der Waals surface area contributed by atoms with Gasteiger partial charge in [-0.2, -0.15) is 0 Å². The van der Waals surface area contributed by atoms with Crippen LogP contribution in [0.1, 0.15) is 29.4 Å². The van der Waals surface area contributed by atoms with Crippen LogP contribution < -0.4 is 0 Å². The van der Waals surface area contributed by atoms with E-state index in [1.54, 1.807) is 6.07 Å². The Morgan fingerprint density at radius 3 is 2.76 bits per heavy atom. The van der Waals surface area contributed by atoms with Crippen molar-refractivity contribution in [2.45, 2.75) is 19.8 Å². The number of rotatable bonds is 0. The zero-order valence-electron chi connectivity index (χ0n) is 9.31. The van der Waals surface area contributed by atoms with Gasteiger partial charge in [-0.1, -0.05) is 30.1 Å². The number of hydrogen-bond acceptors (Lipinski definition) is 1. The molecule has 0 radical (unpaired) electrons. The van der Waals surface area contributed by atoms with Gasteiger partial charge in [-0.15, -0.1) is 0 Å². The second kappa shape index (κ2) is 3.76. The zero-order chi connectivity index (χ0) is 12.2. The van der Waals surface area contributed by atoms with Crippen molar-refractivity contribution in [1.82, 2.24) is 4.98 Å². The number of fused-ring (bicyclic) bond motifs is 3. The van der Waals surface area contributed by atoms with Gasteiger partial charge in [-0.3, -0.25) is 4.79 Å². The van der Waals surface area contributed by atoms with Crippen molar-refractivity contribution in [3.63, 3.8) is 0 Å². The Morgan fingerprint density at radius 2 is 2.00 bits per heavy atom. The Labute approximate surface area is 109 Å². The maximum atomic E-state index is 12.1. The molecule has 17 heavy (non-hydrogen) atoms. The van der Waals surface area contributed by atoms with E-state index in [1.807, 2.05) is 13.0 Å². The first kappa shape index (κ1) is 11.1. The SMILES string of the molecule is CC1CCc2c([nH]c3cc(Cl)c(Cl)cc23)C1=O. The lowest BCUT2D eigenvalue weighted by Gasteiger charge is -2.16. The lowest BCUT2D eigenvalue weighted by Crippen LogP contribution is -2.19. The summed E-state index contributed by atoms with van der Waals surface area (Å²) in [5.74, 6) is 0.288. The quantitative estimate of drug-likeness (QED) is 0.761. The molecular weight excluding hydrogens is 257 g/mol. The summed E-state index contributed by atoms with van der Waals surface area (Å²) < 4.78 is 0. The molecule has 0 saturated carbocycles. The van der Waals surface area contributed by atoms with E-state index in [9.17, 15) is 4.79 Å². The van der Waals surface area contributed by atoms with Gasteiger partial charge >= 0.3 is 0 Å². The Kier molecular flexibility index (Phi) is 2.46. The molecule has 2 aromatic rings. The number of ketones is 1. The van der Waals surface area contributed by atoms with Crippen molar-refractivity contribution in [2.24, 2.45) is 5.92 Å². The number of carbonyl (C=O) groups is 1. The predicted octanol–water partition coefficient (Wildman–Crippen LogP) is 4.24. The topological polar surface area (TPSA) is 32.9 Å². The molecule has 0 saturated heterocycles. The minimum Gasteiger partial charge on any atom is -0.352 e. The van der Waals surface area contributed by atoms with Gasteiger partial charge in [0.15, 0.2) is 5.78 Å². The van der Waals surface area contributed by atoms with Crippen LogP contribution >= 0.6 is 23.2 Å². The Balaban J connectivity index is 2.31. The van der Waals surface area contributed by atoms with Gasteiger partial charge in [0.25, 0.3) is 0 Å². The standard InChI is InChI=1S/C13H11Cl2NO/c1-6-2-3-7-8-4-9(14)10(15)5-11(8)16-12(7)13(6)17/h4-6,16H,2-3H2,1H3. The minimum absolute atomic E-state index is 0.0986. The molecule has 88 valence electrons. The van der Waals surface area contributed by atoms with Crippen LogP contribution in [0.3, 0.4) is 0 Å². The molecule has 2 nitrogen and oxygen atoms in total. The summed E-state index contributed by atoms with van der Waals surface area (Å²) >= 11 is 12.0. The number of aromatic amines is 1. The maximum absolute atomic E-state index is 12.1. The lowest BCUT2D eigenvalue weighted by atomic mass is 9.87.